The molecule has 2 aromatic rings. The molecule has 0 aliphatic heterocycles. The first kappa shape index (κ1) is 12.2. The van der Waals surface area contributed by atoms with E-state index in [0.29, 0.717) is 11.1 Å². The molecule has 2 aromatic carbocycles. The average molecular weight is 248 g/mol. The van der Waals surface area contributed by atoms with Crippen molar-refractivity contribution >= 4 is 5.97 Å². The van der Waals surface area contributed by atoms with Crippen LogP contribution in [-0.4, -0.2) is 11.1 Å². The van der Waals surface area contributed by atoms with E-state index in [1.54, 1.807) is 13.0 Å². The number of carbonyl (C=O) groups is 1. The number of rotatable bonds is 2. The summed E-state index contributed by atoms with van der Waals surface area (Å²) in [6.45, 7) is 1.69. The zero-order chi connectivity index (χ0) is 13.3. The number of hydrogen-bond acceptors (Lipinski definition) is 1. The molecule has 2 rings (SSSR count). The van der Waals surface area contributed by atoms with Gasteiger partial charge in [-0.3, -0.25) is 0 Å². The molecule has 0 aromatic heterocycles. The number of aryl methyl sites for hydroxylation is 1. The molecule has 0 heterocycles. The van der Waals surface area contributed by atoms with Gasteiger partial charge < -0.3 is 5.11 Å². The highest BCUT2D eigenvalue weighted by Gasteiger charge is 2.15. The summed E-state index contributed by atoms with van der Waals surface area (Å²) in [5, 5.41) is 8.83. The molecular weight excluding hydrogens is 238 g/mol. The number of hydrogen-bond donors (Lipinski definition) is 1. The van der Waals surface area contributed by atoms with Crippen molar-refractivity contribution in [1.82, 2.24) is 0 Å². The predicted octanol–water partition coefficient (Wildman–Crippen LogP) is 3.64. The predicted molar refractivity (Wildman–Crippen MR) is 63.5 cm³/mol. The molecular formula is C14H10F2O2. The zero-order valence-corrected chi connectivity index (χ0v) is 9.58. The van der Waals surface area contributed by atoms with Crippen LogP contribution in [0.4, 0.5) is 8.78 Å². The van der Waals surface area contributed by atoms with Gasteiger partial charge in [-0.05, 0) is 36.2 Å². The highest BCUT2D eigenvalue weighted by Crippen LogP contribution is 2.26. The van der Waals surface area contributed by atoms with Gasteiger partial charge in [-0.2, -0.15) is 0 Å². The van der Waals surface area contributed by atoms with Crippen molar-refractivity contribution < 1.29 is 18.7 Å². The second kappa shape index (κ2) is 4.56. The fraction of sp³-hybridized carbons (Fsp3) is 0.0714. The topological polar surface area (TPSA) is 37.3 Å². The van der Waals surface area contributed by atoms with Crippen molar-refractivity contribution in [3.63, 3.8) is 0 Å². The number of halogens is 2. The summed E-state index contributed by atoms with van der Waals surface area (Å²) in [4.78, 5) is 10.8. The maximum Gasteiger partial charge on any atom is 0.338 e. The summed E-state index contributed by atoms with van der Waals surface area (Å²) in [7, 11) is 0. The molecule has 0 fully saturated rings. The molecule has 0 saturated heterocycles. The van der Waals surface area contributed by atoms with Gasteiger partial charge in [-0.15, -0.1) is 0 Å². The van der Waals surface area contributed by atoms with Crippen LogP contribution < -0.4 is 0 Å². The van der Waals surface area contributed by atoms with E-state index in [-0.39, 0.29) is 5.56 Å². The smallest absolute Gasteiger partial charge is 0.338 e. The normalized spacial score (nSPS) is 10.4. The van der Waals surface area contributed by atoms with Gasteiger partial charge in [0.25, 0.3) is 0 Å². The second-order valence-electron chi connectivity index (χ2n) is 3.99. The fourth-order valence-corrected chi connectivity index (χ4v) is 1.81. The van der Waals surface area contributed by atoms with Gasteiger partial charge >= 0.3 is 5.97 Å². The first-order chi connectivity index (χ1) is 8.49. The minimum atomic E-state index is -1.34. The van der Waals surface area contributed by atoms with Gasteiger partial charge in [0.15, 0.2) is 0 Å². The van der Waals surface area contributed by atoms with E-state index in [4.69, 9.17) is 5.11 Å². The van der Waals surface area contributed by atoms with E-state index in [9.17, 15) is 13.6 Å². The van der Waals surface area contributed by atoms with Gasteiger partial charge in [0.05, 0.1) is 5.56 Å². The summed E-state index contributed by atoms with van der Waals surface area (Å²) in [5.41, 5.74) is 0.630. The molecule has 0 bridgehead atoms. The molecule has 0 amide bonds. The third-order valence-corrected chi connectivity index (χ3v) is 2.58. The number of aromatic carboxylic acids is 1. The number of carboxylic acid groups (broad SMARTS) is 1. The van der Waals surface area contributed by atoms with E-state index >= 15 is 0 Å². The summed E-state index contributed by atoms with van der Waals surface area (Å²) in [6, 6.07) is 8.14. The van der Waals surface area contributed by atoms with Crippen LogP contribution in [0.1, 0.15) is 15.9 Å². The lowest BCUT2D eigenvalue weighted by Crippen LogP contribution is -2.01. The molecule has 0 spiro atoms. The number of benzene rings is 2. The highest BCUT2D eigenvalue weighted by atomic mass is 19.1. The van der Waals surface area contributed by atoms with E-state index in [1.807, 2.05) is 0 Å². The van der Waals surface area contributed by atoms with Crippen molar-refractivity contribution in [2.75, 3.05) is 0 Å². The summed E-state index contributed by atoms with van der Waals surface area (Å²) < 4.78 is 27.2. The molecule has 0 radical (unpaired) electrons. The largest absolute Gasteiger partial charge is 0.478 e. The molecule has 0 atom stereocenters. The van der Waals surface area contributed by atoms with Crippen molar-refractivity contribution in [2.45, 2.75) is 6.92 Å². The fourth-order valence-electron chi connectivity index (χ4n) is 1.81. The van der Waals surface area contributed by atoms with Crippen LogP contribution in [0.2, 0.25) is 0 Å². The summed E-state index contributed by atoms with van der Waals surface area (Å²) in [6.07, 6.45) is 0. The average Bonchev–Trinajstić information content (AvgIpc) is 2.27. The quantitative estimate of drug-likeness (QED) is 0.880. The van der Waals surface area contributed by atoms with Crippen LogP contribution in [-0.2, 0) is 0 Å². The summed E-state index contributed by atoms with van der Waals surface area (Å²) in [5.74, 6) is -2.68. The van der Waals surface area contributed by atoms with E-state index in [1.165, 1.54) is 30.3 Å². The maximum atomic E-state index is 14.0. The Kier molecular flexibility index (Phi) is 3.10. The molecule has 2 nitrogen and oxygen atoms in total. The Balaban J connectivity index is 2.64. The molecule has 0 unspecified atom stereocenters. The van der Waals surface area contributed by atoms with Crippen LogP contribution in [0, 0.1) is 18.6 Å². The Labute approximate surface area is 103 Å². The molecule has 0 aliphatic rings. The monoisotopic (exact) mass is 248 g/mol. The molecule has 0 saturated carbocycles. The van der Waals surface area contributed by atoms with Gasteiger partial charge in [-0.1, -0.05) is 18.2 Å². The van der Waals surface area contributed by atoms with Gasteiger partial charge in [0.2, 0.25) is 0 Å². The minimum absolute atomic E-state index is 0.0810. The van der Waals surface area contributed by atoms with Gasteiger partial charge in [0.1, 0.15) is 11.6 Å². The molecule has 18 heavy (non-hydrogen) atoms. The van der Waals surface area contributed by atoms with Crippen molar-refractivity contribution in [3.05, 3.63) is 59.2 Å². The SMILES string of the molecule is Cc1cc(F)cc(-c2cccc(C(=O)O)c2F)c1. The lowest BCUT2D eigenvalue weighted by molar-refractivity contribution is 0.0692. The van der Waals surface area contributed by atoms with Crippen LogP contribution in [0.3, 0.4) is 0 Å². The van der Waals surface area contributed by atoms with Crippen LogP contribution >= 0.6 is 0 Å². The molecule has 0 aliphatic carbocycles. The Bertz CT molecular complexity index is 601. The van der Waals surface area contributed by atoms with E-state index in [2.05, 4.69) is 0 Å². The Morgan fingerprint density at radius 2 is 1.89 bits per heavy atom. The van der Waals surface area contributed by atoms with Gasteiger partial charge in [0, 0.05) is 5.56 Å². The standard InChI is InChI=1S/C14H10F2O2/c1-8-5-9(7-10(15)6-8)11-3-2-4-12(13(11)16)14(17)18/h2-7H,1H3,(H,17,18). The van der Waals surface area contributed by atoms with Crippen LogP contribution in [0.5, 0.6) is 0 Å². The van der Waals surface area contributed by atoms with Crippen LogP contribution in [0.25, 0.3) is 11.1 Å². The summed E-state index contributed by atoms with van der Waals surface area (Å²) >= 11 is 0. The lowest BCUT2D eigenvalue weighted by atomic mass is 10.0. The van der Waals surface area contributed by atoms with E-state index in [0.717, 1.165) is 0 Å². The van der Waals surface area contributed by atoms with Gasteiger partial charge in [-0.25, -0.2) is 13.6 Å². The second-order valence-corrected chi connectivity index (χ2v) is 3.99. The van der Waals surface area contributed by atoms with Crippen molar-refractivity contribution in [1.29, 1.82) is 0 Å². The lowest BCUT2D eigenvalue weighted by Gasteiger charge is -2.07. The van der Waals surface area contributed by atoms with E-state index < -0.39 is 23.2 Å². The van der Waals surface area contributed by atoms with Crippen molar-refractivity contribution in [2.24, 2.45) is 0 Å². The zero-order valence-electron chi connectivity index (χ0n) is 9.58. The number of carboxylic acids is 1. The first-order valence-corrected chi connectivity index (χ1v) is 5.28. The minimum Gasteiger partial charge on any atom is -0.478 e. The Morgan fingerprint density at radius 3 is 2.50 bits per heavy atom. The van der Waals surface area contributed by atoms with Crippen LogP contribution in [0.15, 0.2) is 36.4 Å². The Morgan fingerprint density at radius 1 is 1.17 bits per heavy atom. The Hall–Kier alpha value is -2.23. The molecule has 92 valence electrons. The third kappa shape index (κ3) is 2.22. The maximum absolute atomic E-state index is 14.0. The third-order valence-electron chi connectivity index (χ3n) is 2.58. The molecule has 1 N–H and O–H groups in total. The van der Waals surface area contributed by atoms with Crippen molar-refractivity contribution in [3.8, 4) is 11.1 Å². The first-order valence-electron chi connectivity index (χ1n) is 5.28. The molecule has 4 heteroatoms. The highest BCUT2D eigenvalue weighted by molar-refractivity contribution is 5.90.